The lowest BCUT2D eigenvalue weighted by Gasteiger charge is -2.28. The van der Waals surface area contributed by atoms with E-state index < -0.39 is 103 Å². The number of alkyl halides is 3. The number of benzene rings is 3. The minimum atomic E-state index is -4.72. The molecule has 0 unspecified atom stereocenters. The zero-order valence-corrected chi connectivity index (χ0v) is 27.0. The molecule has 3 aromatic carbocycles. The number of nitrogens with zero attached hydrogens (tertiary/aromatic N) is 4. The monoisotopic (exact) mass is 693 g/mol. The van der Waals surface area contributed by atoms with Crippen LogP contribution in [0, 0.1) is 12.7 Å². The summed E-state index contributed by atoms with van der Waals surface area (Å²) in [5.41, 5.74) is -6.20. The molecule has 0 saturated carbocycles. The molecule has 0 atom stereocenters. The molecule has 0 spiro atoms. The summed E-state index contributed by atoms with van der Waals surface area (Å²) in [6, 6.07) is 5.16. The average Bonchev–Trinajstić information content (AvgIpc) is 3.61. The summed E-state index contributed by atoms with van der Waals surface area (Å²) >= 11 is 0.216. The Morgan fingerprint density at radius 1 is 1.02 bits per heavy atom. The molecule has 11 heteroatoms. The summed E-state index contributed by atoms with van der Waals surface area (Å²) in [5.74, 6) is -2.44. The van der Waals surface area contributed by atoms with Crippen LogP contribution in [0.2, 0.25) is 0 Å². The van der Waals surface area contributed by atoms with Gasteiger partial charge in [0.2, 0.25) is 5.91 Å². The molecule has 1 heterocycles. The van der Waals surface area contributed by atoms with Crippen molar-refractivity contribution in [3.63, 3.8) is 0 Å². The standard InChI is InChI=1S/C37H40F4N4O2S/c1-4-43(5-2)19-20-44(22-29-12-11-28(21-25(29)3)27-13-15-30(16-14-27)37(39,40)41)34(46)23-45-33-8-6-7-32(33)35(47)42-36(45)48-24-26-9-17-31(38)18-10-26/h9-18,21H,4-8,19-20,22-24H2,1-3H3/i4D2,5D2,11D,12D,21D,22D2,23D2,24D2. The van der Waals surface area contributed by atoms with Gasteiger partial charge in [-0.1, -0.05) is 68.0 Å². The fourth-order valence-corrected chi connectivity index (χ4v) is 5.67. The predicted octanol–water partition coefficient (Wildman–Crippen LogP) is 7.53. The van der Waals surface area contributed by atoms with Gasteiger partial charge in [-0.2, -0.15) is 18.2 Å². The lowest BCUT2D eigenvalue weighted by Crippen LogP contribution is -2.40. The molecule has 1 amide bonds. The number of amides is 1. The first kappa shape index (κ1) is 21.9. The predicted molar refractivity (Wildman–Crippen MR) is 181 cm³/mol. The van der Waals surface area contributed by atoms with Crippen LogP contribution in [0.4, 0.5) is 17.6 Å². The molecular formula is C37H40F4N4O2S. The molecule has 1 aliphatic carbocycles. The van der Waals surface area contributed by atoms with Gasteiger partial charge in [-0.05, 0) is 91.3 Å². The van der Waals surface area contributed by atoms with E-state index in [0.29, 0.717) is 21.6 Å². The second-order valence-corrected chi connectivity index (χ2v) is 11.4. The molecule has 0 saturated heterocycles. The zero-order valence-electron chi connectivity index (χ0n) is 39.2. The van der Waals surface area contributed by atoms with Crippen LogP contribution in [-0.2, 0) is 42.5 Å². The molecule has 0 radical (unpaired) electrons. The molecule has 5 rings (SSSR count). The molecule has 0 aliphatic heterocycles. The van der Waals surface area contributed by atoms with Gasteiger partial charge in [0.05, 0.1) is 15.2 Å². The molecule has 1 aromatic heterocycles. The number of likely N-dealkylation sites (N-methyl/N-ethyl adjacent to an activating group) is 1. The number of hydrogen-bond acceptors (Lipinski definition) is 5. The maximum absolute atomic E-state index is 15.0. The highest BCUT2D eigenvalue weighted by Crippen LogP contribution is 2.32. The van der Waals surface area contributed by atoms with Crippen LogP contribution in [0.25, 0.3) is 11.1 Å². The van der Waals surface area contributed by atoms with Crippen molar-refractivity contribution >= 4 is 17.7 Å². The van der Waals surface area contributed by atoms with Crippen LogP contribution < -0.4 is 5.56 Å². The Hall–Kier alpha value is -3.96. The Balaban J connectivity index is 1.72. The molecule has 0 fully saturated rings. The van der Waals surface area contributed by atoms with Gasteiger partial charge in [-0.25, -0.2) is 4.39 Å². The Kier molecular flexibility index (Phi) is 7.07. The molecule has 0 N–H and O–H groups in total. The number of thioether (sulfide) groups is 1. The van der Waals surface area contributed by atoms with Crippen LogP contribution >= 0.6 is 11.8 Å². The first-order chi connectivity index (χ1) is 27.8. The lowest BCUT2D eigenvalue weighted by molar-refractivity contribution is -0.137. The summed E-state index contributed by atoms with van der Waals surface area (Å²) in [6.45, 7) is -10.4. The number of carbonyl (C=O) groups is 1. The van der Waals surface area contributed by atoms with E-state index in [0.717, 1.165) is 57.2 Å². The van der Waals surface area contributed by atoms with Crippen molar-refractivity contribution in [2.45, 2.75) is 70.1 Å². The summed E-state index contributed by atoms with van der Waals surface area (Å²) in [7, 11) is 0. The fourth-order valence-electron chi connectivity index (χ4n) is 4.95. The van der Waals surface area contributed by atoms with Crippen molar-refractivity contribution in [2.24, 2.45) is 0 Å². The quantitative estimate of drug-likeness (QED) is 0.0824. The smallest absolute Gasteiger partial charge is 0.336 e. The van der Waals surface area contributed by atoms with Gasteiger partial charge >= 0.3 is 6.18 Å². The number of hydrogen-bond donors (Lipinski definition) is 0. The normalized spacial score (nSPS) is 18.3. The van der Waals surface area contributed by atoms with Crippen LogP contribution in [0.1, 0.15) is 71.6 Å². The van der Waals surface area contributed by atoms with Gasteiger partial charge in [0.25, 0.3) is 5.56 Å². The Labute approximate surface area is 301 Å². The minimum absolute atomic E-state index is 0.00306. The highest BCUT2D eigenvalue weighted by Gasteiger charge is 2.30. The summed E-state index contributed by atoms with van der Waals surface area (Å²) in [4.78, 5) is 33.1. The minimum Gasteiger partial charge on any atom is -0.336 e. The molecule has 0 bridgehead atoms. The Bertz CT molecular complexity index is 2340. The third-order valence-corrected chi connectivity index (χ3v) is 8.29. The van der Waals surface area contributed by atoms with E-state index in [1.54, 1.807) is 0 Å². The summed E-state index contributed by atoms with van der Waals surface area (Å²) in [5, 5.41) is -0.657. The number of aromatic nitrogens is 2. The third-order valence-electron chi connectivity index (χ3n) is 7.50. The first-order valence-electron chi connectivity index (χ1n) is 21.3. The van der Waals surface area contributed by atoms with Gasteiger partial charge in [0.15, 0.2) is 5.16 Å². The van der Waals surface area contributed by atoms with E-state index in [2.05, 4.69) is 4.98 Å². The maximum atomic E-state index is 15.0. The van der Waals surface area contributed by atoms with E-state index in [1.807, 2.05) is 0 Å². The van der Waals surface area contributed by atoms with Crippen molar-refractivity contribution in [3.8, 4) is 11.1 Å². The average molecular weight is 694 g/mol. The van der Waals surface area contributed by atoms with Crippen molar-refractivity contribution in [3.05, 3.63) is 116 Å². The Morgan fingerprint density at radius 2 is 1.73 bits per heavy atom. The maximum Gasteiger partial charge on any atom is 0.416 e. The molecular weight excluding hydrogens is 640 g/mol. The topological polar surface area (TPSA) is 58.4 Å². The fraction of sp³-hybridized carbons (Fsp3) is 0.378. The van der Waals surface area contributed by atoms with Crippen molar-refractivity contribution in [2.75, 3.05) is 26.1 Å². The van der Waals surface area contributed by atoms with Crippen LogP contribution in [0.5, 0.6) is 0 Å². The third kappa shape index (κ3) is 8.54. The van der Waals surface area contributed by atoms with Crippen molar-refractivity contribution in [1.82, 2.24) is 19.4 Å². The van der Waals surface area contributed by atoms with Gasteiger partial charge in [0.1, 0.15) is 12.3 Å². The van der Waals surface area contributed by atoms with Crippen LogP contribution in [0.3, 0.4) is 0 Å². The second kappa shape index (κ2) is 15.5. The highest BCUT2D eigenvalue weighted by molar-refractivity contribution is 7.98. The van der Waals surface area contributed by atoms with E-state index in [1.165, 1.54) is 0 Å². The SMILES string of the molecule is [2H]c1c([2H])c(C([2H])([2H])N(CCN(C([2H])([2H])C)C([2H])([2H])C)C(=O)C([2H])([2H])n2c(SC([2H])([2H])c3ccc(F)cc3)nc(=O)c3c2CCC3)c(C)c([2H])c1-c1ccc(C(F)(F)F)cc1. The molecule has 6 nitrogen and oxygen atoms in total. The van der Waals surface area contributed by atoms with Gasteiger partial charge in [0, 0.05) is 44.8 Å². The van der Waals surface area contributed by atoms with Gasteiger partial charge < -0.3 is 14.4 Å². The van der Waals surface area contributed by atoms with Gasteiger partial charge in [-0.3, -0.25) is 9.59 Å². The van der Waals surface area contributed by atoms with Crippen molar-refractivity contribution in [1.29, 1.82) is 0 Å². The van der Waals surface area contributed by atoms with Gasteiger partial charge in [-0.15, -0.1) is 0 Å². The zero-order chi connectivity index (χ0) is 46.0. The van der Waals surface area contributed by atoms with Crippen LogP contribution in [0.15, 0.2) is 76.6 Å². The Morgan fingerprint density at radius 3 is 2.40 bits per heavy atom. The molecule has 4 aromatic rings. The lowest BCUT2D eigenvalue weighted by atomic mass is 9.98. The van der Waals surface area contributed by atoms with Crippen LogP contribution in [-0.4, -0.2) is 51.3 Å². The molecule has 254 valence electrons. The largest absolute Gasteiger partial charge is 0.416 e. The number of rotatable bonds is 13. The van der Waals surface area contributed by atoms with E-state index in [9.17, 15) is 32.6 Å². The number of fused-ring (bicyclic) bond motifs is 1. The molecule has 1 aliphatic rings. The number of carbonyl (C=O) groups excluding carboxylic acids is 1. The van der Waals surface area contributed by atoms with E-state index >= 15 is 0 Å². The first-order valence-corrected chi connectivity index (χ1v) is 15.6. The number of halogens is 4. The summed E-state index contributed by atoms with van der Waals surface area (Å²) in [6.07, 6.45) is -4.33. The van der Waals surface area contributed by atoms with E-state index in [4.69, 9.17) is 12.3 Å². The van der Waals surface area contributed by atoms with E-state index in [-0.39, 0.29) is 69.4 Å². The second-order valence-electron chi connectivity index (χ2n) is 10.6. The highest BCUT2D eigenvalue weighted by atomic mass is 32.2. The van der Waals surface area contributed by atoms with Crippen molar-refractivity contribution < 1.29 is 40.2 Å². The molecule has 48 heavy (non-hydrogen) atoms. The summed E-state index contributed by atoms with van der Waals surface area (Å²) < 4.78 is 169.